The van der Waals surface area contributed by atoms with Crippen LogP contribution in [0.2, 0.25) is 0 Å². The third kappa shape index (κ3) is 2.38. The first-order chi connectivity index (χ1) is 7.39. The Morgan fingerprint density at radius 2 is 1.75 bits per heavy atom. The van der Waals surface area contributed by atoms with Crippen LogP contribution in [-0.4, -0.2) is 20.4 Å². The monoisotopic (exact) mass is 247 g/mol. The third-order valence-electron chi connectivity index (χ3n) is 2.47. The lowest BCUT2D eigenvalue weighted by molar-refractivity contribution is -0.0876. The summed E-state index contributed by atoms with van der Waals surface area (Å²) < 4.78 is 50.7. The molecule has 1 aromatic rings. The second-order valence-corrected chi connectivity index (χ2v) is 5.61. The van der Waals surface area contributed by atoms with Crippen molar-refractivity contribution >= 4 is 10.0 Å². The molecule has 6 heteroatoms. The summed E-state index contributed by atoms with van der Waals surface area (Å²) in [6.07, 6.45) is -0.835. The number of hydrogen-bond donors (Lipinski definition) is 1. The second kappa shape index (κ2) is 3.78. The van der Waals surface area contributed by atoms with Gasteiger partial charge in [-0.05, 0) is 12.1 Å². The molecule has 1 saturated carbocycles. The molecule has 0 atom stereocenters. The van der Waals surface area contributed by atoms with Gasteiger partial charge < -0.3 is 0 Å². The predicted molar refractivity (Wildman–Crippen MR) is 54.7 cm³/mol. The van der Waals surface area contributed by atoms with E-state index in [1.165, 1.54) is 12.1 Å². The van der Waals surface area contributed by atoms with E-state index in [4.69, 9.17) is 0 Å². The average molecular weight is 247 g/mol. The second-order valence-electron chi connectivity index (χ2n) is 3.90. The highest BCUT2D eigenvalue weighted by Crippen LogP contribution is 2.37. The Hall–Kier alpha value is -1.01. The lowest BCUT2D eigenvalue weighted by Gasteiger charge is -2.34. The molecule has 2 rings (SSSR count). The van der Waals surface area contributed by atoms with Crippen LogP contribution < -0.4 is 4.72 Å². The zero-order valence-electron chi connectivity index (χ0n) is 8.36. The van der Waals surface area contributed by atoms with E-state index in [9.17, 15) is 17.2 Å². The normalized spacial score (nSPS) is 20.4. The van der Waals surface area contributed by atoms with Gasteiger partial charge in [-0.1, -0.05) is 18.2 Å². The molecule has 1 fully saturated rings. The molecule has 0 aliphatic heterocycles. The van der Waals surface area contributed by atoms with Gasteiger partial charge in [0.2, 0.25) is 10.0 Å². The fourth-order valence-electron chi connectivity index (χ4n) is 1.63. The fourth-order valence-corrected chi connectivity index (χ4v) is 2.89. The molecule has 0 spiro atoms. The van der Waals surface area contributed by atoms with Crippen molar-refractivity contribution in [1.29, 1.82) is 0 Å². The Labute approximate surface area is 92.5 Å². The van der Waals surface area contributed by atoms with E-state index in [1.54, 1.807) is 18.2 Å². The molecular weight excluding hydrogens is 236 g/mol. The van der Waals surface area contributed by atoms with Crippen LogP contribution >= 0.6 is 0 Å². The van der Waals surface area contributed by atoms with Crippen molar-refractivity contribution in [2.45, 2.75) is 29.7 Å². The van der Waals surface area contributed by atoms with Crippen molar-refractivity contribution < 1.29 is 17.2 Å². The van der Waals surface area contributed by atoms with E-state index in [2.05, 4.69) is 4.72 Å². The molecule has 0 radical (unpaired) electrons. The van der Waals surface area contributed by atoms with Crippen LogP contribution in [0.3, 0.4) is 0 Å². The van der Waals surface area contributed by atoms with Gasteiger partial charge in [0, 0.05) is 18.9 Å². The Balaban J connectivity index is 2.06. The largest absolute Gasteiger partial charge is 0.251 e. The number of halogens is 2. The zero-order chi connectivity index (χ0) is 11.8. The minimum absolute atomic E-state index is 0.102. The molecule has 88 valence electrons. The molecule has 1 N–H and O–H groups in total. The number of sulfonamides is 1. The van der Waals surface area contributed by atoms with Crippen LogP contribution in [0, 0.1) is 0 Å². The quantitative estimate of drug-likeness (QED) is 0.884. The first-order valence-corrected chi connectivity index (χ1v) is 6.33. The van der Waals surface area contributed by atoms with Gasteiger partial charge in [0.25, 0.3) is 5.92 Å². The highest BCUT2D eigenvalue weighted by atomic mass is 32.2. The number of benzene rings is 1. The van der Waals surface area contributed by atoms with Crippen LogP contribution in [0.5, 0.6) is 0 Å². The maximum atomic E-state index is 12.5. The first-order valence-electron chi connectivity index (χ1n) is 4.84. The molecule has 3 nitrogen and oxygen atoms in total. The number of hydrogen-bond acceptors (Lipinski definition) is 2. The summed E-state index contributed by atoms with van der Waals surface area (Å²) in [5.74, 6) is -2.72. The van der Waals surface area contributed by atoms with Crippen LogP contribution in [-0.2, 0) is 10.0 Å². The Morgan fingerprint density at radius 1 is 1.19 bits per heavy atom. The van der Waals surface area contributed by atoms with E-state index in [1.807, 2.05) is 0 Å². The number of nitrogens with one attached hydrogen (secondary N) is 1. The van der Waals surface area contributed by atoms with Crippen LogP contribution in [0.1, 0.15) is 12.8 Å². The Bertz CT molecular complexity index is 465. The van der Waals surface area contributed by atoms with Gasteiger partial charge in [-0.25, -0.2) is 21.9 Å². The Morgan fingerprint density at radius 3 is 2.25 bits per heavy atom. The molecule has 0 aromatic heterocycles. The zero-order valence-corrected chi connectivity index (χ0v) is 9.18. The summed E-state index contributed by atoms with van der Waals surface area (Å²) in [6.45, 7) is 0. The molecule has 0 heterocycles. The molecule has 0 amide bonds. The molecular formula is C10H11F2NO2S. The molecule has 1 aromatic carbocycles. The summed E-state index contributed by atoms with van der Waals surface area (Å²) in [5, 5.41) is 0. The van der Waals surface area contributed by atoms with Gasteiger partial charge in [0.1, 0.15) is 0 Å². The molecule has 0 saturated heterocycles. The van der Waals surface area contributed by atoms with Crippen molar-refractivity contribution in [3.05, 3.63) is 30.3 Å². The van der Waals surface area contributed by atoms with Crippen LogP contribution in [0.4, 0.5) is 8.78 Å². The van der Waals surface area contributed by atoms with Gasteiger partial charge in [-0.3, -0.25) is 0 Å². The highest BCUT2D eigenvalue weighted by Gasteiger charge is 2.46. The van der Waals surface area contributed by atoms with Crippen molar-refractivity contribution in [3.8, 4) is 0 Å². The molecule has 0 bridgehead atoms. The first kappa shape index (κ1) is 11.5. The molecule has 1 aliphatic rings. The fraction of sp³-hybridized carbons (Fsp3) is 0.400. The molecule has 0 unspecified atom stereocenters. The summed E-state index contributed by atoms with van der Waals surface area (Å²) in [4.78, 5) is 0.102. The number of alkyl halides is 2. The van der Waals surface area contributed by atoms with E-state index in [-0.39, 0.29) is 4.90 Å². The van der Waals surface area contributed by atoms with Gasteiger partial charge in [0.05, 0.1) is 4.90 Å². The molecule has 1 aliphatic carbocycles. The van der Waals surface area contributed by atoms with Crippen LogP contribution in [0.15, 0.2) is 35.2 Å². The summed E-state index contributed by atoms with van der Waals surface area (Å²) in [6, 6.07) is 7.07. The highest BCUT2D eigenvalue weighted by molar-refractivity contribution is 7.89. The predicted octanol–water partition coefficient (Wildman–Crippen LogP) is 1.76. The topological polar surface area (TPSA) is 46.2 Å². The van der Waals surface area contributed by atoms with E-state index in [0.29, 0.717) is 0 Å². The average Bonchev–Trinajstić information content (AvgIpc) is 2.16. The SMILES string of the molecule is O=S(=O)(NC1CC(F)(F)C1)c1ccccc1. The third-order valence-corrected chi connectivity index (χ3v) is 4.00. The van der Waals surface area contributed by atoms with Gasteiger partial charge in [-0.2, -0.15) is 0 Å². The summed E-state index contributed by atoms with van der Waals surface area (Å²) in [5.41, 5.74) is 0. The summed E-state index contributed by atoms with van der Waals surface area (Å²) >= 11 is 0. The molecule has 16 heavy (non-hydrogen) atoms. The maximum absolute atomic E-state index is 12.5. The van der Waals surface area contributed by atoms with Gasteiger partial charge in [-0.15, -0.1) is 0 Å². The lowest BCUT2D eigenvalue weighted by atomic mass is 9.89. The van der Waals surface area contributed by atoms with E-state index >= 15 is 0 Å². The standard InChI is InChI=1S/C10H11F2NO2S/c11-10(12)6-8(7-10)13-16(14,15)9-4-2-1-3-5-9/h1-5,8,13H,6-7H2. The van der Waals surface area contributed by atoms with Gasteiger partial charge >= 0.3 is 0 Å². The number of rotatable bonds is 3. The smallest absolute Gasteiger partial charge is 0.208 e. The van der Waals surface area contributed by atoms with Crippen molar-refractivity contribution in [2.24, 2.45) is 0 Å². The Kier molecular flexibility index (Phi) is 2.71. The van der Waals surface area contributed by atoms with E-state index in [0.717, 1.165) is 0 Å². The minimum Gasteiger partial charge on any atom is -0.208 e. The van der Waals surface area contributed by atoms with E-state index < -0.39 is 34.8 Å². The van der Waals surface area contributed by atoms with Crippen LogP contribution in [0.25, 0.3) is 0 Å². The van der Waals surface area contributed by atoms with Crippen molar-refractivity contribution in [3.63, 3.8) is 0 Å². The van der Waals surface area contributed by atoms with Crippen molar-refractivity contribution in [2.75, 3.05) is 0 Å². The lowest BCUT2D eigenvalue weighted by Crippen LogP contribution is -2.50. The minimum atomic E-state index is -3.65. The summed E-state index contributed by atoms with van der Waals surface area (Å²) in [7, 11) is -3.65. The maximum Gasteiger partial charge on any atom is 0.251 e. The van der Waals surface area contributed by atoms with Gasteiger partial charge in [0.15, 0.2) is 0 Å². The van der Waals surface area contributed by atoms with Crippen molar-refractivity contribution in [1.82, 2.24) is 4.72 Å².